The maximum Gasteiger partial charge on any atom is 0.254 e. The van der Waals surface area contributed by atoms with Gasteiger partial charge in [0, 0.05) is 18.5 Å². The van der Waals surface area contributed by atoms with E-state index in [1.165, 1.54) is 19.3 Å². The van der Waals surface area contributed by atoms with Gasteiger partial charge < -0.3 is 4.90 Å². The van der Waals surface area contributed by atoms with Crippen LogP contribution in [0.1, 0.15) is 42.5 Å². The summed E-state index contributed by atoms with van der Waals surface area (Å²) in [5.41, 5.74) is 1.42. The Balaban J connectivity index is 1.97. The number of fused-ring (bicyclic) bond motifs is 1. The molecule has 1 aromatic heterocycles. The van der Waals surface area contributed by atoms with Crippen LogP contribution in [-0.2, 0) is 0 Å². The van der Waals surface area contributed by atoms with Gasteiger partial charge >= 0.3 is 0 Å². The molecule has 0 radical (unpaired) electrons. The molecule has 0 N–H and O–H groups in total. The number of halogens is 1. The summed E-state index contributed by atoms with van der Waals surface area (Å²) in [5.74, 6) is 0.0439. The van der Waals surface area contributed by atoms with E-state index < -0.39 is 0 Å². The topological polar surface area (TPSA) is 33.2 Å². The number of aromatic nitrogens is 1. The molecule has 0 aliphatic heterocycles. The van der Waals surface area contributed by atoms with E-state index in [2.05, 4.69) is 4.98 Å². The quantitative estimate of drug-likeness (QED) is 0.775. The number of hydrogen-bond acceptors (Lipinski definition) is 2. The second-order valence-electron chi connectivity index (χ2n) is 5.72. The molecule has 1 heterocycles. The van der Waals surface area contributed by atoms with E-state index in [-0.39, 0.29) is 5.91 Å². The standard InChI is InChI=1S/C17H19ClN2O/c1-20(12-7-3-2-4-8-12)17(21)14-11-16(18)19-15-10-6-5-9-13(14)15/h5-6,9-12H,2-4,7-8H2,1H3. The van der Waals surface area contributed by atoms with E-state index in [0.717, 1.165) is 23.7 Å². The van der Waals surface area contributed by atoms with Gasteiger partial charge in [0.05, 0.1) is 11.1 Å². The zero-order valence-corrected chi connectivity index (χ0v) is 12.9. The number of pyridine rings is 1. The molecule has 1 aliphatic carbocycles. The average molecular weight is 303 g/mol. The van der Waals surface area contributed by atoms with Gasteiger partial charge in [-0.25, -0.2) is 4.98 Å². The lowest BCUT2D eigenvalue weighted by molar-refractivity contribution is 0.0698. The molecule has 4 heteroatoms. The van der Waals surface area contributed by atoms with Crippen LogP contribution in [0.3, 0.4) is 0 Å². The highest BCUT2D eigenvalue weighted by Gasteiger charge is 2.24. The molecular formula is C17H19ClN2O. The van der Waals surface area contributed by atoms with Gasteiger partial charge in [0.25, 0.3) is 5.91 Å². The molecule has 2 aromatic rings. The molecule has 0 atom stereocenters. The van der Waals surface area contributed by atoms with Gasteiger partial charge in [-0.1, -0.05) is 49.1 Å². The van der Waals surface area contributed by atoms with Crippen molar-refractivity contribution in [1.82, 2.24) is 9.88 Å². The highest BCUT2D eigenvalue weighted by Crippen LogP contribution is 2.26. The summed E-state index contributed by atoms with van der Waals surface area (Å²) < 4.78 is 0. The maximum atomic E-state index is 12.8. The number of nitrogens with zero attached hydrogens (tertiary/aromatic N) is 2. The molecule has 0 bridgehead atoms. The minimum atomic E-state index is 0.0439. The predicted molar refractivity (Wildman–Crippen MR) is 85.7 cm³/mol. The fraction of sp³-hybridized carbons (Fsp3) is 0.412. The van der Waals surface area contributed by atoms with Crippen LogP contribution in [0.15, 0.2) is 30.3 Å². The number of rotatable bonds is 2. The van der Waals surface area contributed by atoms with Gasteiger partial charge in [-0.15, -0.1) is 0 Å². The van der Waals surface area contributed by atoms with E-state index in [9.17, 15) is 4.79 Å². The highest BCUT2D eigenvalue weighted by molar-refractivity contribution is 6.30. The molecule has 1 saturated carbocycles. The molecule has 0 saturated heterocycles. The van der Waals surface area contributed by atoms with Crippen LogP contribution in [0.4, 0.5) is 0 Å². The van der Waals surface area contributed by atoms with Gasteiger partial charge in [-0.3, -0.25) is 4.79 Å². The molecule has 0 unspecified atom stereocenters. The van der Waals surface area contributed by atoms with Crippen molar-refractivity contribution in [2.45, 2.75) is 38.1 Å². The second kappa shape index (κ2) is 6.02. The normalized spacial score (nSPS) is 16.1. The van der Waals surface area contributed by atoms with Gasteiger partial charge in [0.15, 0.2) is 0 Å². The van der Waals surface area contributed by atoms with Crippen LogP contribution in [0.5, 0.6) is 0 Å². The number of benzene rings is 1. The summed E-state index contributed by atoms with van der Waals surface area (Å²) >= 11 is 6.08. The molecule has 0 spiro atoms. The summed E-state index contributed by atoms with van der Waals surface area (Å²) in [7, 11) is 1.90. The Hall–Kier alpha value is -1.61. The molecule has 3 rings (SSSR count). The molecule has 1 fully saturated rings. The number of hydrogen-bond donors (Lipinski definition) is 0. The molecule has 1 aromatic carbocycles. The van der Waals surface area contributed by atoms with Gasteiger partial charge in [0.1, 0.15) is 5.15 Å². The monoisotopic (exact) mass is 302 g/mol. The first-order chi connectivity index (χ1) is 10.2. The first kappa shape index (κ1) is 14.3. The van der Waals surface area contributed by atoms with Crippen molar-refractivity contribution < 1.29 is 4.79 Å². The predicted octanol–water partition coefficient (Wildman–Crippen LogP) is 4.29. The van der Waals surface area contributed by atoms with Crippen LogP contribution < -0.4 is 0 Å². The Morgan fingerprint density at radius 3 is 2.71 bits per heavy atom. The zero-order chi connectivity index (χ0) is 14.8. The van der Waals surface area contributed by atoms with E-state index >= 15 is 0 Å². The van der Waals surface area contributed by atoms with Crippen LogP contribution in [0.2, 0.25) is 5.15 Å². The fourth-order valence-electron chi connectivity index (χ4n) is 3.14. The Bertz CT molecular complexity index is 665. The lowest BCUT2D eigenvalue weighted by Gasteiger charge is -2.31. The molecule has 3 nitrogen and oxygen atoms in total. The van der Waals surface area contributed by atoms with Crippen LogP contribution >= 0.6 is 11.6 Å². The van der Waals surface area contributed by atoms with Crippen molar-refractivity contribution in [3.63, 3.8) is 0 Å². The van der Waals surface area contributed by atoms with Gasteiger partial charge in [-0.2, -0.15) is 0 Å². The van der Waals surface area contributed by atoms with Crippen molar-refractivity contribution in [2.75, 3.05) is 7.05 Å². The van der Waals surface area contributed by atoms with E-state index in [1.54, 1.807) is 6.07 Å². The average Bonchev–Trinajstić information content (AvgIpc) is 2.53. The SMILES string of the molecule is CN(C(=O)c1cc(Cl)nc2ccccc12)C1CCCCC1. The number of amides is 1. The second-order valence-corrected chi connectivity index (χ2v) is 6.10. The van der Waals surface area contributed by atoms with E-state index in [1.807, 2.05) is 36.2 Å². The third-order valence-electron chi connectivity index (χ3n) is 4.36. The molecular weight excluding hydrogens is 284 g/mol. The largest absolute Gasteiger partial charge is 0.339 e. The van der Waals surface area contributed by atoms with Crippen molar-refractivity contribution in [2.24, 2.45) is 0 Å². The van der Waals surface area contributed by atoms with E-state index in [0.29, 0.717) is 16.8 Å². The van der Waals surface area contributed by atoms with Crippen LogP contribution in [-0.4, -0.2) is 28.9 Å². The van der Waals surface area contributed by atoms with Gasteiger partial charge in [-0.05, 0) is 25.0 Å². The third-order valence-corrected chi connectivity index (χ3v) is 4.55. The smallest absolute Gasteiger partial charge is 0.254 e. The zero-order valence-electron chi connectivity index (χ0n) is 12.2. The highest BCUT2D eigenvalue weighted by atomic mass is 35.5. The minimum absolute atomic E-state index is 0.0439. The maximum absolute atomic E-state index is 12.8. The van der Waals surface area contributed by atoms with Crippen LogP contribution in [0.25, 0.3) is 10.9 Å². The summed E-state index contributed by atoms with van der Waals surface area (Å²) in [5, 5.41) is 1.24. The fourth-order valence-corrected chi connectivity index (χ4v) is 3.34. The van der Waals surface area contributed by atoms with Crippen LogP contribution in [0, 0.1) is 0 Å². The lowest BCUT2D eigenvalue weighted by atomic mass is 9.94. The Morgan fingerprint density at radius 2 is 1.95 bits per heavy atom. The first-order valence-electron chi connectivity index (χ1n) is 7.49. The Kier molecular flexibility index (Phi) is 4.11. The molecule has 110 valence electrons. The number of carbonyl (C=O) groups is 1. The summed E-state index contributed by atoms with van der Waals surface area (Å²) in [6.45, 7) is 0. The van der Waals surface area contributed by atoms with Crippen molar-refractivity contribution in [1.29, 1.82) is 0 Å². The molecule has 1 amide bonds. The van der Waals surface area contributed by atoms with E-state index in [4.69, 9.17) is 11.6 Å². The third kappa shape index (κ3) is 2.88. The summed E-state index contributed by atoms with van der Waals surface area (Å²) in [4.78, 5) is 19.0. The number of carbonyl (C=O) groups excluding carboxylic acids is 1. The molecule has 21 heavy (non-hydrogen) atoms. The Labute approximate surface area is 129 Å². The summed E-state index contributed by atoms with van der Waals surface area (Å²) in [6.07, 6.45) is 5.89. The van der Waals surface area contributed by atoms with Gasteiger partial charge in [0.2, 0.25) is 0 Å². The van der Waals surface area contributed by atoms with Crippen molar-refractivity contribution in [3.8, 4) is 0 Å². The Morgan fingerprint density at radius 1 is 1.24 bits per heavy atom. The lowest BCUT2D eigenvalue weighted by Crippen LogP contribution is -2.38. The van der Waals surface area contributed by atoms with Crippen molar-refractivity contribution in [3.05, 3.63) is 41.0 Å². The first-order valence-corrected chi connectivity index (χ1v) is 7.87. The van der Waals surface area contributed by atoms with Crippen molar-refractivity contribution >= 4 is 28.4 Å². The number of para-hydroxylation sites is 1. The summed E-state index contributed by atoms with van der Waals surface area (Å²) in [6, 6.07) is 9.68. The minimum Gasteiger partial charge on any atom is -0.339 e. The molecule has 1 aliphatic rings.